The molecule has 28 heavy (non-hydrogen) atoms. The van der Waals surface area contributed by atoms with E-state index in [1.54, 1.807) is 13.2 Å². The van der Waals surface area contributed by atoms with E-state index in [0.29, 0.717) is 11.7 Å². The zero-order valence-corrected chi connectivity index (χ0v) is 17.1. The van der Waals surface area contributed by atoms with E-state index >= 15 is 0 Å². The van der Waals surface area contributed by atoms with E-state index in [4.69, 9.17) is 17.0 Å². The molecule has 0 spiro atoms. The Morgan fingerprint density at radius 2 is 1.75 bits per heavy atom. The van der Waals surface area contributed by atoms with Crippen molar-refractivity contribution in [1.82, 2.24) is 0 Å². The molecule has 2 N–H and O–H groups in total. The molecular formula is C23H24N2O2S. The molecule has 0 radical (unpaired) electrons. The first-order chi connectivity index (χ1) is 13.5. The summed E-state index contributed by atoms with van der Waals surface area (Å²) in [5, 5.41) is 14.1. The van der Waals surface area contributed by atoms with Crippen molar-refractivity contribution >= 4 is 28.7 Å². The maximum Gasteiger partial charge on any atom is 0.178 e. The minimum atomic E-state index is 0.246. The van der Waals surface area contributed by atoms with Crippen molar-refractivity contribution < 1.29 is 9.84 Å². The van der Waals surface area contributed by atoms with Gasteiger partial charge >= 0.3 is 0 Å². The van der Waals surface area contributed by atoms with Crippen molar-refractivity contribution in [1.29, 1.82) is 0 Å². The minimum Gasteiger partial charge on any atom is -0.508 e. The van der Waals surface area contributed by atoms with Gasteiger partial charge < -0.3 is 20.1 Å². The Labute approximate surface area is 171 Å². The molecule has 0 aliphatic heterocycles. The van der Waals surface area contributed by atoms with Crippen molar-refractivity contribution in [2.24, 2.45) is 0 Å². The summed E-state index contributed by atoms with van der Waals surface area (Å²) >= 11 is 5.74. The molecule has 3 aromatic rings. The highest BCUT2D eigenvalue weighted by Crippen LogP contribution is 2.26. The van der Waals surface area contributed by atoms with Gasteiger partial charge in [-0.3, -0.25) is 0 Å². The van der Waals surface area contributed by atoms with Gasteiger partial charge in [0.15, 0.2) is 5.11 Å². The largest absolute Gasteiger partial charge is 0.508 e. The van der Waals surface area contributed by atoms with E-state index in [0.717, 1.165) is 28.3 Å². The topological polar surface area (TPSA) is 44.7 Å². The summed E-state index contributed by atoms with van der Waals surface area (Å²) < 4.78 is 5.26. The van der Waals surface area contributed by atoms with Gasteiger partial charge in [-0.1, -0.05) is 35.9 Å². The molecule has 0 aromatic heterocycles. The molecule has 0 heterocycles. The number of phenolic OH excluding ortho intramolecular Hbond substituents is 1. The van der Waals surface area contributed by atoms with Crippen LogP contribution in [0.15, 0.2) is 66.7 Å². The van der Waals surface area contributed by atoms with Crippen LogP contribution in [0.1, 0.15) is 16.7 Å². The summed E-state index contributed by atoms with van der Waals surface area (Å²) in [5.74, 6) is 1.02. The second-order valence-electron chi connectivity index (χ2n) is 6.66. The summed E-state index contributed by atoms with van der Waals surface area (Å²) in [6.45, 7) is 4.56. The third-order valence-electron chi connectivity index (χ3n) is 4.57. The SMILES string of the molecule is COc1ccc(N(Cc2ccccc2O)C(=S)Nc2ccc(C)cc2C)cc1. The number of aromatic hydroxyl groups is 1. The molecule has 0 saturated heterocycles. The number of phenols is 1. The summed E-state index contributed by atoms with van der Waals surface area (Å²) in [4.78, 5) is 1.96. The zero-order chi connectivity index (χ0) is 20.1. The maximum atomic E-state index is 10.2. The number of rotatable bonds is 5. The van der Waals surface area contributed by atoms with Gasteiger partial charge in [-0.2, -0.15) is 0 Å². The highest BCUT2D eigenvalue weighted by molar-refractivity contribution is 7.80. The number of benzene rings is 3. The maximum absolute atomic E-state index is 10.2. The lowest BCUT2D eigenvalue weighted by atomic mass is 10.1. The molecule has 0 aliphatic rings. The van der Waals surface area contributed by atoms with E-state index < -0.39 is 0 Å². The fourth-order valence-corrected chi connectivity index (χ4v) is 3.27. The summed E-state index contributed by atoms with van der Waals surface area (Å²) in [5.41, 5.74) is 5.00. The second kappa shape index (κ2) is 8.76. The minimum absolute atomic E-state index is 0.246. The Kier molecular flexibility index (Phi) is 6.16. The van der Waals surface area contributed by atoms with Crippen molar-refractivity contribution in [3.8, 4) is 11.5 Å². The number of anilines is 2. The van der Waals surface area contributed by atoms with Crippen LogP contribution < -0.4 is 15.0 Å². The average molecular weight is 393 g/mol. The lowest BCUT2D eigenvalue weighted by molar-refractivity contribution is 0.415. The number of hydrogen-bond acceptors (Lipinski definition) is 3. The van der Waals surface area contributed by atoms with Crippen LogP contribution in [0.2, 0.25) is 0 Å². The van der Waals surface area contributed by atoms with Gasteiger partial charge in [-0.05, 0) is 68.0 Å². The summed E-state index contributed by atoms with van der Waals surface area (Å²) in [7, 11) is 1.64. The van der Waals surface area contributed by atoms with Crippen molar-refractivity contribution in [3.63, 3.8) is 0 Å². The van der Waals surface area contributed by atoms with E-state index in [1.165, 1.54) is 5.56 Å². The van der Waals surface area contributed by atoms with Gasteiger partial charge in [-0.25, -0.2) is 0 Å². The fraction of sp³-hybridized carbons (Fsp3) is 0.174. The molecule has 0 bridgehead atoms. The first-order valence-electron chi connectivity index (χ1n) is 9.04. The molecule has 0 aliphatic carbocycles. The molecule has 0 atom stereocenters. The number of aryl methyl sites for hydroxylation is 2. The Morgan fingerprint density at radius 3 is 2.39 bits per heavy atom. The number of ether oxygens (including phenoxy) is 1. The number of methoxy groups -OCH3 is 1. The average Bonchev–Trinajstić information content (AvgIpc) is 2.69. The quantitative estimate of drug-likeness (QED) is 0.568. The number of thiocarbonyl (C=S) groups is 1. The van der Waals surface area contributed by atoms with Crippen LogP contribution in [0.5, 0.6) is 11.5 Å². The van der Waals surface area contributed by atoms with Crippen LogP contribution in [0.25, 0.3) is 0 Å². The first kappa shape index (κ1) is 19.7. The van der Waals surface area contributed by atoms with Crippen LogP contribution in [-0.4, -0.2) is 17.3 Å². The molecule has 5 heteroatoms. The van der Waals surface area contributed by atoms with Gasteiger partial charge in [-0.15, -0.1) is 0 Å². The predicted octanol–water partition coefficient (Wildman–Crippen LogP) is 5.42. The van der Waals surface area contributed by atoms with Crippen molar-refractivity contribution in [2.75, 3.05) is 17.3 Å². The smallest absolute Gasteiger partial charge is 0.178 e. The molecule has 0 saturated carbocycles. The van der Waals surface area contributed by atoms with Gasteiger partial charge in [0.05, 0.1) is 13.7 Å². The Morgan fingerprint density at radius 1 is 1.04 bits per heavy atom. The molecule has 0 unspecified atom stereocenters. The zero-order valence-electron chi connectivity index (χ0n) is 16.3. The Hall–Kier alpha value is -3.05. The van der Waals surface area contributed by atoms with E-state index in [2.05, 4.69) is 31.3 Å². The van der Waals surface area contributed by atoms with Crippen molar-refractivity contribution in [2.45, 2.75) is 20.4 Å². The van der Waals surface area contributed by atoms with E-state index in [-0.39, 0.29) is 5.75 Å². The fourth-order valence-electron chi connectivity index (χ4n) is 2.99. The number of nitrogens with zero attached hydrogens (tertiary/aromatic N) is 1. The second-order valence-corrected chi connectivity index (χ2v) is 7.05. The Bertz CT molecular complexity index is 971. The van der Waals surface area contributed by atoms with Gasteiger partial charge in [0.1, 0.15) is 11.5 Å². The number of nitrogens with one attached hydrogen (secondary N) is 1. The third kappa shape index (κ3) is 4.61. The summed E-state index contributed by atoms with van der Waals surface area (Å²) in [6.07, 6.45) is 0. The van der Waals surface area contributed by atoms with E-state index in [1.807, 2.05) is 53.4 Å². The van der Waals surface area contributed by atoms with Crippen LogP contribution in [0.3, 0.4) is 0 Å². The molecule has 144 valence electrons. The number of hydrogen-bond donors (Lipinski definition) is 2. The highest BCUT2D eigenvalue weighted by Gasteiger charge is 2.16. The van der Waals surface area contributed by atoms with Gasteiger partial charge in [0, 0.05) is 16.9 Å². The van der Waals surface area contributed by atoms with Crippen LogP contribution in [0, 0.1) is 13.8 Å². The van der Waals surface area contributed by atoms with Crippen LogP contribution >= 0.6 is 12.2 Å². The van der Waals surface area contributed by atoms with Crippen LogP contribution in [-0.2, 0) is 6.54 Å². The predicted molar refractivity (Wildman–Crippen MR) is 119 cm³/mol. The molecule has 0 fully saturated rings. The van der Waals surface area contributed by atoms with Gasteiger partial charge in [0.2, 0.25) is 0 Å². The standard InChI is InChI=1S/C23H24N2O2S/c1-16-8-13-21(17(2)14-16)24-23(28)25(15-18-6-4-5-7-22(18)26)19-9-11-20(27-3)12-10-19/h4-14,26H,15H2,1-3H3,(H,24,28). The van der Waals surface area contributed by atoms with Gasteiger partial charge in [0.25, 0.3) is 0 Å². The van der Waals surface area contributed by atoms with Crippen LogP contribution in [0.4, 0.5) is 11.4 Å². The monoisotopic (exact) mass is 392 g/mol. The van der Waals surface area contributed by atoms with Crippen molar-refractivity contribution in [3.05, 3.63) is 83.4 Å². The molecule has 4 nitrogen and oxygen atoms in total. The highest BCUT2D eigenvalue weighted by atomic mass is 32.1. The Balaban J connectivity index is 1.92. The third-order valence-corrected chi connectivity index (χ3v) is 4.90. The molecule has 3 rings (SSSR count). The lowest BCUT2D eigenvalue weighted by Gasteiger charge is -2.27. The summed E-state index contributed by atoms with van der Waals surface area (Å²) in [6, 6.07) is 21.2. The molecular weight excluding hydrogens is 368 g/mol. The normalized spacial score (nSPS) is 10.4. The lowest BCUT2D eigenvalue weighted by Crippen LogP contribution is -2.34. The molecule has 3 aromatic carbocycles. The first-order valence-corrected chi connectivity index (χ1v) is 9.45. The molecule has 0 amide bonds. The number of para-hydroxylation sites is 1. The van der Waals surface area contributed by atoms with E-state index in [9.17, 15) is 5.11 Å².